The Morgan fingerprint density at radius 1 is 0.967 bits per heavy atom. The van der Waals surface area contributed by atoms with Gasteiger partial charge in [-0.2, -0.15) is 0 Å². The Labute approximate surface area is 177 Å². The molecule has 1 saturated heterocycles. The number of hydrogen-bond donors (Lipinski definition) is 0. The van der Waals surface area contributed by atoms with Crippen LogP contribution in [0.5, 0.6) is 23.0 Å². The minimum absolute atomic E-state index is 0.0783. The van der Waals surface area contributed by atoms with Gasteiger partial charge in [0.25, 0.3) is 5.91 Å². The molecular formula is C23H28N2O5. The van der Waals surface area contributed by atoms with E-state index in [9.17, 15) is 4.79 Å². The minimum Gasteiger partial charge on any atom is -0.493 e. The first-order chi connectivity index (χ1) is 14.6. The minimum atomic E-state index is -0.403. The van der Waals surface area contributed by atoms with E-state index in [1.807, 2.05) is 41.3 Å². The quantitative estimate of drug-likeness (QED) is 0.726. The zero-order chi connectivity index (χ0) is 21.1. The molecule has 1 amide bonds. The van der Waals surface area contributed by atoms with Crippen molar-refractivity contribution in [1.29, 1.82) is 0 Å². The van der Waals surface area contributed by atoms with E-state index < -0.39 is 6.10 Å². The van der Waals surface area contributed by atoms with Crippen LogP contribution < -0.4 is 18.9 Å². The highest BCUT2D eigenvalue weighted by molar-refractivity contribution is 5.82. The molecule has 0 N–H and O–H groups in total. The van der Waals surface area contributed by atoms with Crippen LogP contribution in [-0.4, -0.2) is 69.3 Å². The average Bonchev–Trinajstić information content (AvgIpc) is 3.23. The highest BCUT2D eigenvalue weighted by atomic mass is 16.5. The summed E-state index contributed by atoms with van der Waals surface area (Å²) in [6.07, 6.45) is 0.248. The smallest absolute Gasteiger partial charge is 0.264 e. The van der Waals surface area contributed by atoms with E-state index in [-0.39, 0.29) is 5.91 Å². The molecule has 1 unspecified atom stereocenters. The second-order valence-corrected chi connectivity index (χ2v) is 7.51. The number of ether oxygens (including phenoxy) is 4. The van der Waals surface area contributed by atoms with Crippen LogP contribution in [0.15, 0.2) is 36.4 Å². The summed E-state index contributed by atoms with van der Waals surface area (Å²) in [6.45, 7) is 3.68. The van der Waals surface area contributed by atoms with E-state index >= 15 is 0 Å². The molecule has 2 aliphatic heterocycles. The Kier molecular flexibility index (Phi) is 5.99. The lowest BCUT2D eigenvalue weighted by Gasteiger charge is -2.36. The predicted molar refractivity (Wildman–Crippen MR) is 113 cm³/mol. The van der Waals surface area contributed by atoms with E-state index in [4.69, 9.17) is 18.9 Å². The molecule has 2 heterocycles. The lowest BCUT2D eigenvalue weighted by molar-refractivity contribution is -0.139. The molecule has 160 valence electrons. The molecule has 2 aliphatic rings. The summed E-state index contributed by atoms with van der Waals surface area (Å²) in [5.41, 5.74) is 2.14. The van der Waals surface area contributed by atoms with Crippen LogP contribution in [0.25, 0.3) is 0 Å². The maximum absolute atomic E-state index is 12.9. The van der Waals surface area contributed by atoms with Crippen LogP contribution in [-0.2, 0) is 17.8 Å². The van der Waals surface area contributed by atoms with Crippen molar-refractivity contribution in [3.8, 4) is 23.0 Å². The maximum atomic E-state index is 12.9. The first kappa shape index (κ1) is 20.3. The van der Waals surface area contributed by atoms with Gasteiger partial charge in [-0.15, -0.1) is 0 Å². The van der Waals surface area contributed by atoms with Crippen molar-refractivity contribution in [1.82, 2.24) is 9.80 Å². The first-order valence-corrected chi connectivity index (χ1v) is 10.2. The third-order valence-corrected chi connectivity index (χ3v) is 5.79. The van der Waals surface area contributed by atoms with Gasteiger partial charge >= 0.3 is 0 Å². The van der Waals surface area contributed by atoms with Crippen LogP contribution in [0.4, 0.5) is 0 Å². The number of carbonyl (C=O) groups excluding carboxylic acids is 1. The van der Waals surface area contributed by atoms with E-state index in [1.165, 1.54) is 0 Å². The zero-order valence-electron chi connectivity index (χ0n) is 17.7. The van der Waals surface area contributed by atoms with E-state index in [0.29, 0.717) is 36.8 Å². The summed E-state index contributed by atoms with van der Waals surface area (Å²) < 4.78 is 22.3. The van der Waals surface area contributed by atoms with Crippen LogP contribution in [0.3, 0.4) is 0 Å². The molecule has 0 aromatic heterocycles. The van der Waals surface area contributed by atoms with Gasteiger partial charge in [-0.05, 0) is 17.7 Å². The van der Waals surface area contributed by atoms with Gasteiger partial charge in [-0.3, -0.25) is 9.69 Å². The van der Waals surface area contributed by atoms with Gasteiger partial charge in [0, 0.05) is 44.7 Å². The SMILES string of the molecule is COc1ccc(CN2CCN(C(=O)C3Cc4ccccc4O3)CC2)c(OC)c1OC. The Morgan fingerprint density at radius 2 is 1.70 bits per heavy atom. The van der Waals surface area contributed by atoms with E-state index in [0.717, 1.165) is 36.5 Å². The molecule has 4 rings (SSSR count). The maximum Gasteiger partial charge on any atom is 0.264 e. The van der Waals surface area contributed by atoms with Gasteiger partial charge < -0.3 is 23.8 Å². The molecule has 2 aromatic carbocycles. The Hall–Kier alpha value is -2.93. The highest BCUT2D eigenvalue weighted by Gasteiger charge is 2.33. The fourth-order valence-electron chi connectivity index (χ4n) is 4.18. The number of fused-ring (bicyclic) bond motifs is 1. The summed E-state index contributed by atoms with van der Waals surface area (Å²) in [4.78, 5) is 17.2. The summed E-state index contributed by atoms with van der Waals surface area (Å²) >= 11 is 0. The van der Waals surface area contributed by atoms with Crippen LogP contribution >= 0.6 is 0 Å². The molecule has 0 spiro atoms. The number of hydrogen-bond acceptors (Lipinski definition) is 6. The highest BCUT2D eigenvalue weighted by Crippen LogP contribution is 2.40. The van der Waals surface area contributed by atoms with E-state index in [2.05, 4.69) is 4.90 Å². The monoisotopic (exact) mass is 412 g/mol. The summed E-state index contributed by atoms with van der Waals surface area (Å²) in [6, 6.07) is 11.8. The molecule has 7 nitrogen and oxygen atoms in total. The fourth-order valence-corrected chi connectivity index (χ4v) is 4.18. The zero-order valence-corrected chi connectivity index (χ0v) is 17.7. The van der Waals surface area contributed by atoms with Crippen LogP contribution in [0.2, 0.25) is 0 Å². The van der Waals surface area contributed by atoms with Crippen molar-refractivity contribution < 1.29 is 23.7 Å². The molecule has 2 aromatic rings. The van der Waals surface area contributed by atoms with Gasteiger partial charge in [0.05, 0.1) is 21.3 Å². The molecule has 7 heteroatoms. The van der Waals surface area contributed by atoms with Gasteiger partial charge in [0.2, 0.25) is 5.75 Å². The Balaban J connectivity index is 1.36. The standard InChI is InChI=1S/C23H28N2O5/c1-27-19-9-8-17(21(28-2)22(19)29-3)15-24-10-12-25(13-11-24)23(26)20-14-16-6-4-5-7-18(16)30-20/h4-9,20H,10-15H2,1-3H3. The lowest BCUT2D eigenvalue weighted by Crippen LogP contribution is -2.51. The predicted octanol–water partition coefficient (Wildman–Crippen LogP) is 2.36. The number of rotatable bonds is 6. The number of benzene rings is 2. The van der Waals surface area contributed by atoms with Gasteiger partial charge in [0.1, 0.15) is 5.75 Å². The molecule has 30 heavy (non-hydrogen) atoms. The molecular weight excluding hydrogens is 384 g/mol. The van der Waals surface area contributed by atoms with Crippen molar-refractivity contribution >= 4 is 5.91 Å². The number of nitrogens with zero attached hydrogens (tertiary/aromatic N) is 2. The Morgan fingerprint density at radius 3 is 2.37 bits per heavy atom. The van der Waals surface area contributed by atoms with E-state index in [1.54, 1.807) is 21.3 Å². The molecule has 0 bridgehead atoms. The molecule has 0 radical (unpaired) electrons. The molecule has 1 fully saturated rings. The third kappa shape index (κ3) is 3.89. The normalized spacial score (nSPS) is 18.5. The average molecular weight is 412 g/mol. The second-order valence-electron chi connectivity index (χ2n) is 7.51. The summed E-state index contributed by atoms with van der Waals surface area (Å²) in [5.74, 6) is 2.84. The summed E-state index contributed by atoms with van der Waals surface area (Å²) in [7, 11) is 4.86. The number of piperazine rings is 1. The third-order valence-electron chi connectivity index (χ3n) is 5.79. The molecule has 1 atom stereocenters. The number of methoxy groups -OCH3 is 3. The van der Waals surface area contributed by atoms with Gasteiger partial charge in [-0.25, -0.2) is 0 Å². The number of para-hydroxylation sites is 1. The van der Waals surface area contributed by atoms with Crippen molar-refractivity contribution in [3.05, 3.63) is 47.5 Å². The summed E-state index contributed by atoms with van der Waals surface area (Å²) in [5, 5.41) is 0. The second kappa shape index (κ2) is 8.83. The van der Waals surface area contributed by atoms with Gasteiger partial charge in [0.15, 0.2) is 17.6 Å². The number of carbonyl (C=O) groups is 1. The molecule has 0 aliphatic carbocycles. The van der Waals surface area contributed by atoms with Crippen molar-refractivity contribution in [2.24, 2.45) is 0 Å². The number of amides is 1. The van der Waals surface area contributed by atoms with Crippen molar-refractivity contribution in [3.63, 3.8) is 0 Å². The first-order valence-electron chi connectivity index (χ1n) is 10.2. The lowest BCUT2D eigenvalue weighted by atomic mass is 10.1. The largest absolute Gasteiger partial charge is 0.493 e. The van der Waals surface area contributed by atoms with Crippen LogP contribution in [0, 0.1) is 0 Å². The Bertz CT molecular complexity index is 883. The van der Waals surface area contributed by atoms with Crippen LogP contribution in [0.1, 0.15) is 11.1 Å². The topological polar surface area (TPSA) is 60.5 Å². The van der Waals surface area contributed by atoms with Crippen molar-refractivity contribution in [2.75, 3.05) is 47.5 Å². The van der Waals surface area contributed by atoms with Crippen molar-refractivity contribution in [2.45, 2.75) is 19.1 Å². The fraction of sp³-hybridized carbons (Fsp3) is 0.435. The molecule has 0 saturated carbocycles. The van der Waals surface area contributed by atoms with Gasteiger partial charge in [-0.1, -0.05) is 24.3 Å².